The van der Waals surface area contributed by atoms with Crippen molar-refractivity contribution in [1.82, 2.24) is 10.3 Å². The Kier molecular flexibility index (Phi) is 4.26. The molecule has 0 saturated heterocycles. The van der Waals surface area contributed by atoms with E-state index >= 15 is 0 Å². The first-order valence-electron chi connectivity index (χ1n) is 4.43. The van der Waals surface area contributed by atoms with E-state index in [4.69, 9.17) is 13.9 Å². The maximum Gasteiger partial charge on any atom is 0.307 e. The van der Waals surface area contributed by atoms with E-state index in [1.807, 2.05) is 0 Å². The highest BCUT2D eigenvalue weighted by Crippen LogP contribution is 2.01. The van der Waals surface area contributed by atoms with Gasteiger partial charge in [-0.3, -0.25) is 4.79 Å². The molecule has 84 valence electrons. The molecule has 0 fully saturated rings. The van der Waals surface area contributed by atoms with Gasteiger partial charge in [0.25, 0.3) is 5.89 Å². The topological polar surface area (TPSA) is 73.6 Å². The number of hydrogen-bond acceptors (Lipinski definition) is 5. The zero-order valence-electron chi connectivity index (χ0n) is 8.94. The Morgan fingerprint density at radius 2 is 2.27 bits per heavy atom. The number of amides is 1. The summed E-state index contributed by atoms with van der Waals surface area (Å²) in [5.41, 5.74) is 0. The van der Waals surface area contributed by atoms with Crippen LogP contribution in [0.15, 0.2) is 10.6 Å². The highest BCUT2D eigenvalue weighted by atomic mass is 16.7. The molecule has 1 aromatic heterocycles. The van der Waals surface area contributed by atoms with Gasteiger partial charge in [-0.1, -0.05) is 0 Å². The summed E-state index contributed by atoms with van der Waals surface area (Å²) in [4.78, 5) is 15.2. The maximum absolute atomic E-state index is 11.4. The number of ether oxygens (including phenoxy) is 2. The average molecular weight is 214 g/mol. The normalized spacial score (nSPS) is 10.7. The van der Waals surface area contributed by atoms with E-state index in [1.165, 1.54) is 20.4 Å². The molecule has 0 radical (unpaired) electrons. The lowest BCUT2D eigenvalue weighted by molar-refractivity contribution is -0.0975. The predicted molar refractivity (Wildman–Crippen MR) is 51.4 cm³/mol. The summed E-state index contributed by atoms with van der Waals surface area (Å²) in [5.74, 6) is 0.246. The van der Waals surface area contributed by atoms with Gasteiger partial charge in [-0.25, -0.2) is 4.98 Å². The fourth-order valence-electron chi connectivity index (χ4n) is 0.974. The molecule has 1 rings (SSSR count). The second kappa shape index (κ2) is 5.47. The van der Waals surface area contributed by atoms with Gasteiger partial charge >= 0.3 is 5.91 Å². The van der Waals surface area contributed by atoms with Crippen molar-refractivity contribution in [2.24, 2.45) is 0 Å². The van der Waals surface area contributed by atoms with Gasteiger partial charge in [0.2, 0.25) is 0 Å². The Morgan fingerprint density at radius 3 is 2.73 bits per heavy atom. The van der Waals surface area contributed by atoms with E-state index in [1.54, 1.807) is 6.92 Å². The lowest BCUT2D eigenvalue weighted by Gasteiger charge is -2.12. The summed E-state index contributed by atoms with van der Waals surface area (Å²) in [6.07, 6.45) is 1.02. The Morgan fingerprint density at radius 1 is 1.60 bits per heavy atom. The van der Waals surface area contributed by atoms with Crippen molar-refractivity contribution >= 4 is 5.91 Å². The molecule has 0 aliphatic heterocycles. The molecule has 1 aromatic rings. The van der Waals surface area contributed by atoms with E-state index < -0.39 is 6.29 Å². The molecule has 1 amide bonds. The lowest BCUT2D eigenvalue weighted by Crippen LogP contribution is -2.34. The number of nitrogens with one attached hydrogen (secondary N) is 1. The average Bonchev–Trinajstić information content (AvgIpc) is 2.66. The number of hydrogen-bond donors (Lipinski definition) is 1. The fraction of sp³-hybridized carbons (Fsp3) is 0.556. The molecule has 0 unspecified atom stereocenters. The zero-order chi connectivity index (χ0) is 11.3. The quantitative estimate of drug-likeness (QED) is 0.715. The summed E-state index contributed by atoms with van der Waals surface area (Å²) in [6.45, 7) is 1.96. The molecule has 0 aromatic carbocycles. The van der Waals surface area contributed by atoms with Crippen molar-refractivity contribution in [1.29, 1.82) is 0 Å². The first-order chi connectivity index (χ1) is 7.17. The van der Waals surface area contributed by atoms with Gasteiger partial charge < -0.3 is 19.2 Å². The number of rotatable bonds is 5. The Balaban J connectivity index is 2.42. The highest BCUT2D eigenvalue weighted by molar-refractivity contribution is 5.89. The molecule has 1 N–H and O–H groups in total. The van der Waals surface area contributed by atoms with E-state index in [2.05, 4.69) is 10.3 Å². The third kappa shape index (κ3) is 3.34. The molecular weight excluding hydrogens is 200 g/mol. The Labute approximate surface area is 87.6 Å². The second-order valence-electron chi connectivity index (χ2n) is 2.89. The highest BCUT2D eigenvalue weighted by Gasteiger charge is 2.13. The minimum absolute atomic E-state index is 0.0402. The second-order valence-corrected chi connectivity index (χ2v) is 2.89. The molecule has 0 aliphatic rings. The third-order valence-corrected chi connectivity index (χ3v) is 1.77. The van der Waals surface area contributed by atoms with Gasteiger partial charge in [-0.15, -0.1) is 0 Å². The van der Waals surface area contributed by atoms with Crippen LogP contribution in [0, 0.1) is 6.92 Å². The molecule has 1 heterocycles. The summed E-state index contributed by atoms with van der Waals surface area (Å²) < 4.78 is 14.8. The standard InChI is InChI=1S/C9H14N2O4/c1-6-4-11-9(15-6)8(12)10-5-7(13-2)14-3/h4,7H,5H2,1-3H3,(H,10,12). The van der Waals surface area contributed by atoms with Crippen molar-refractivity contribution in [3.63, 3.8) is 0 Å². The van der Waals surface area contributed by atoms with E-state index in [0.29, 0.717) is 5.76 Å². The number of aryl methyl sites for hydroxylation is 1. The van der Waals surface area contributed by atoms with Crippen LogP contribution >= 0.6 is 0 Å². The van der Waals surface area contributed by atoms with Crippen molar-refractivity contribution in [3.05, 3.63) is 17.8 Å². The Bertz CT molecular complexity index is 320. The zero-order valence-corrected chi connectivity index (χ0v) is 8.94. The van der Waals surface area contributed by atoms with E-state index in [-0.39, 0.29) is 18.3 Å². The van der Waals surface area contributed by atoms with E-state index in [9.17, 15) is 4.79 Å². The van der Waals surface area contributed by atoms with Gasteiger partial charge in [0.1, 0.15) is 5.76 Å². The van der Waals surface area contributed by atoms with Crippen LogP contribution < -0.4 is 5.32 Å². The van der Waals surface area contributed by atoms with Crippen LogP contribution in [0.5, 0.6) is 0 Å². The number of nitrogens with zero attached hydrogens (tertiary/aromatic N) is 1. The first-order valence-corrected chi connectivity index (χ1v) is 4.43. The van der Waals surface area contributed by atoms with Crippen molar-refractivity contribution in [2.75, 3.05) is 20.8 Å². The number of oxazole rings is 1. The monoisotopic (exact) mass is 214 g/mol. The minimum Gasteiger partial charge on any atom is -0.438 e. The molecule has 0 bridgehead atoms. The summed E-state index contributed by atoms with van der Waals surface area (Å²) in [5, 5.41) is 2.57. The molecule has 6 heteroatoms. The fourth-order valence-corrected chi connectivity index (χ4v) is 0.974. The van der Waals surface area contributed by atoms with Gasteiger partial charge in [0.05, 0.1) is 12.7 Å². The molecular formula is C9H14N2O4. The third-order valence-electron chi connectivity index (χ3n) is 1.77. The van der Waals surface area contributed by atoms with Gasteiger partial charge in [-0.05, 0) is 6.92 Å². The van der Waals surface area contributed by atoms with Gasteiger partial charge in [-0.2, -0.15) is 0 Å². The van der Waals surface area contributed by atoms with Crippen molar-refractivity contribution in [2.45, 2.75) is 13.2 Å². The number of aromatic nitrogens is 1. The molecule has 15 heavy (non-hydrogen) atoms. The lowest BCUT2D eigenvalue weighted by atomic mass is 10.5. The summed E-state index contributed by atoms with van der Waals surface area (Å²) in [7, 11) is 2.99. The van der Waals surface area contributed by atoms with E-state index in [0.717, 1.165) is 0 Å². The first kappa shape index (κ1) is 11.7. The van der Waals surface area contributed by atoms with Gasteiger partial charge in [0, 0.05) is 14.2 Å². The van der Waals surface area contributed by atoms with Crippen LogP contribution in [0.1, 0.15) is 16.4 Å². The number of methoxy groups -OCH3 is 2. The molecule has 6 nitrogen and oxygen atoms in total. The molecule has 0 aliphatic carbocycles. The predicted octanol–water partition coefficient (Wildman–Crippen LogP) is 0.332. The SMILES string of the molecule is COC(CNC(=O)c1ncc(C)o1)OC. The van der Waals surface area contributed by atoms with Crippen LogP contribution in [0.4, 0.5) is 0 Å². The molecule has 0 spiro atoms. The Hall–Kier alpha value is -1.40. The van der Waals surface area contributed by atoms with Crippen molar-refractivity contribution < 1.29 is 18.7 Å². The minimum atomic E-state index is -0.468. The van der Waals surface area contributed by atoms with Crippen LogP contribution in [0.25, 0.3) is 0 Å². The summed E-state index contributed by atoms with van der Waals surface area (Å²) >= 11 is 0. The van der Waals surface area contributed by atoms with Crippen LogP contribution in [-0.2, 0) is 9.47 Å². The molecule has 0 saturated carbocycles. The maximum atomic E-state index is 11.4. The summed E-state index contributed by atoms with van der Waals surface area (Å²) in [6, 6.07) is 0. The van der Waals surface area contributed by atoms with Crippen LogP contribution in [0.2, 0.25) is 0 Å². The molecule has 0 atom stereocenters. The van der Waals surface area contributed by atoms with Crippen LogP contribution in [0.3, 0.4) is 0 Å². The largest absolute Gasteiger partial charge is 0.438 e. The van der Waals surface area contributed by atoms with Crippen molar-refractivity contribution in [3.8, 4) is 0 Å². The number of carbonyl (C=O) groups is 1. The smallest absolute Gasteiger partial charge is 0.307 e. The number of carbonyl (C=O) groups excluding carboxylic acids is 1. The van der Waals surface area contributed by atoms with Gasteiger partial charge in [0.15, 0.2) is 6.29 Å². The van der Waals surface area contributed by atoms with Crippen LogP contribution in [-0.4, -0.2) is 37.9 Å².